The molecular formula is C18H27N3O4. The van der Waals surface area contributed by atoms with Gasteiger partial charge in [-0.2, -0.15) is 0 Å². The Morgan fingerprint density at radius 1 is 1.48 bits per heavy atom. The minimum atomic E-state index is -0.449. The Hall–Kier alpha value is -1.99. The molecule has 0 saturated carbocycles. The molecule has 1 aliphatic heterocycles. The van der Waals surface area contributed by atoms with Crippen molar-refractivity contribution in [1.29, 1.82) is 0 Å². The monoisotopic (exact) mass is 349 g/mol. The van der Waals surface area contributed by atoms with Crippen molar-refractivity contribution in [2.24, 2.45) is 0 Å². The molecule has 2 N–H and O–H groups in total. The number of piperidine rings is 1. The number of rotatable bonds is 7. The molecule has 25 heavy (non-hydrogen) atoms. The average Bonchev–Trinajstić information content (AvgIpc) is 2.61. The molecule has 138 valence electrons. The fourth-order valence-corrected chi connectivity index (χ4v) is 3.42. The molecule has 0 radical (unpaired) electrons. The van der Waals surface area contributed by atoms with Crippen LogP contribution in [0, 0.1) is 17.0 Å². The van der Waals surface area contributed by atoms with Crippen LogP contribution in [0.1, 0.15) is 44.6 Å². The zero-order chi connectivity index (χ0) is 18.4. The summed E-state index contributed by atoms with van der Waals surface area (Å²) in [5.41, 5.74) is 0.932. The van der Waals surface area contributed by atoms with Crippen molar-refractivity contribution in [1.82, 2.24) is 4.90 Å². The predicted octanol–water partition coefficient (Wildman–Crippen LogP) is 2.86. The average molecular weight is 349 g/mol. The SMILES string of the molecule is CC[C@H](O)[C@@H]1CCCCN1CCC(=O)Nc1cccc([N+](=O)[O-])c1C. The van der Waals surface area contributed by atoms with Gasteiger partial charge < -0.3 is 10.4 Å². The molecule has 1 aromatic rings. The fraction of sp³-hybridized carbons (Fsp3) is 0.611. The second-order valence-electron chi connectivity index (χ2n) is 6.58. The number of anilines is 1. The topological polar surface area (TPSA) is 95.7 Å². The second kappa shape index (κ2) is 8.92. The van der Waals surface area contributed by atoms with Crippen LogP contribution >= 0.6 is 0 Å². The Labute approximate surface area is 148 Å². The number of nitrogens with one attached hydrogen (secondary N) is 1. The van der Waals surface area contributed by atoms with Gasteiger partial charge in [0.2, 0.25) is 5.91 Å². The highest BCUT2D eigenvalue weighted by atomic mass is 16.6. The number of hydrogen-bond acceptors (Lipinski definition) is 5. The number of hydrogen-bond donors (Lipinski definition) is 2. The van der Waals surface area contributed by atoms with Crippen LogP contribution in [0.15, 0.2) is 18.2 Å². The molecule has 2 atom stereocenters. The third-order valence-electron chi connectivity index (χ3n) is 4.93. The third-order valence-corrected chi connectivity index (χ3v) is 4.93. The van der Waals surface area contributed by atoms with Gasteiger partial charge in [0.1, 0.15) is 0 Å². The summed E-state index contributed by atoms with van der Waals surface area (Å²) in [6.07, 6.45) is 3.80. The van der Waals surface area contributed by atoms with E-state index in [1.54, 1.807) is 19.1 Å². The molecule has 0 aromatic heterocycles. The molecule has 1 amide bonds. The van der Waals surface area contributed by atoms with Gasteiger partial charge in [-0.1, -0.05) is 19.4 Å². The normalized spacial score (nSPS) is 19.4. The van der Waals surface area contributed by atoms with E-state index in [0.29, 0.717) is 30.6 Å². The van der Waals surface area contributed by atoms with E-state index in [-0.39, 0.29) is 23.7 Å². The van der Waals surface area contributed by atoms with E-state index in [1.807, 2.05) is 6.92 Å². The molecule has 2 rings (SSSR count). The largest absolute Gasteiger partial charge is 0.392 e. The second-order valence-corrected chi connectivity index (χ2v) is 6.58. The van der Waals surface area contributed by atoms with Crippen LogP contribution in [0.25, 0.3) is 0 Å². The zero-order valence-corrected chi connectivity index (χ0v) is 14.9. The first-order valence-electron chi connectivity index (χ1n) is 8.90. The highest BCUT2D eigenvalue weighted by Crippen LogP contribution is 2.25. The summed E-state index contributed by atoms with van der Waals surface area (Å²) >= 11 is 0. The number of aliphatic hydroxyl groups excluding tert-OH is 1. The number of likely N-dealkylation sites (tertiary alicyclic amines) is 1. The summed E-state index contributed by atoms with van der Waals surface area (Å²) in [6.45, 7) is 5.08. The quantitative estimate of drug-likeness (QED) is 0.583. The zero-order valence-electron chi connectivity index (χ0n) is 14.9. The first-order valence-corrected chi connectivity index (χ1v) is 8.90. The summed E-state index contributed by atoms with van der Waals surface area (Å²) in [5, 5.41) is 23.9. The molecule has 0 unspecified atom stereocenters. The molecule has 1 aliphatic rings. The highest BCUT2D eigenvalue weighted by Gasteiger charge is 2.27. The molecular weight excluding hydrogens is 322 g/mol. The van der Waals surface area contributed by atoms with E-state index in [1.165, 1.54) is 6.07 Å². The van der Waals surface area contributed by atoms with Gasteiger partial charge in [0.15, 0.2) is 0 Å². The number of benzene rings is 1. The van der Waals surface area contributed by atoms with Gasteiger partial charge >= 0.3 is 0 Å². The molecule has 7 nitrogen and oxygen atoms in total. The Balaban J connectivity index is 1.94. The molecule has 7 heteroatoms. The van der Waals surface area contributed by atoms with Gasteiger partial charge in [0.25, 0.3) is 5.69 Å². The summed E-state index contributed by atoms with van der Waals surface area (Å²) in [6, 6.07) is 4.78. The highest BCUT2D eigenvalue weighted by molar-refractivity contribution is 5.92. The van der Waals surface area contributed by atoms with Crippen molar-refractivity contribution in [3.8, 4) is 0 Å². The Bertz CT molecular complexity index is 620. The van der Waals surface area contributed by atoms with Crippen molar-refractivity contribution in [2.75, 3.05) is 18.4 Å². The lowest BCUT2D eigenvalue weighted by molar-refractivity contribution is -0.385. The summed E-state index contributed by atoms with van der Waals surface area (Å²) in [4.78, 5) is 25.0. The van der Waals surface area contributed by atoms with Gasteiger partial charge in [-0.3, -0.25) is 19.8 Å². The maximum absolute atomic E-state index is 12.3. The summed E-state index contributed by atoms with van der Waals surface area (Å²) in [5.74, 6) is -0.168. The maximum Gasteiger partial charge on any atom is 0.274 e. The van der Waals surface area contributed by atoms with Crippen LogP contribution in [0.3, 0.4) is 0 Å². The van der Waals surface area contributed by atoms with E-state index < -0.39 is 4.92 Å². The van der Waals surface area contributed by atoms with Crippen LogP contribution in [0.2, 0.25) is 0 Å². The summed E-state index contributed by atoms with van der Waals surface area (Å²) < 4.78 is 0. The van der Waals surface area contributed by atoms with Gasteiger partial charge in [0, 0.05) is 25.1 Å². The molecule has 1 aromatic carbocycles. The molecule has 0 aliphatic carbocycles. The molecule has 0 spiro atoms. The number of carbonyl (C=O) groups is 1. The third kappa shape index (κ3) is 4.99. The lowest BCUT2D eigenvalue weighted by Crippen LogP contribution is -2.47. The van der Waals surface area contributed by atoms with Gasteiger partial charge in [0.05, 0.1) is 22.3 Å². The van der Waals surface area contributed by atoms with Crippen molar-refractivity contribution in [2.45, 2.75) is 58.1 Å². The number of nitrogens with zero attached hydrogens (tertiary/aromatic N) is 2. The minimum Gasteiger partial charge on any atom is -0.392 e. The molecule has 1 heterocycles. The number of amides is 1. The lowest BCUT2D eigenvalue weighted by Gasteiger charge is -2.38. The van der Waals surface area contributed by atoms with Crippen molar-refractivity contribution in [3.05, 3.63) is 33.9 Å². The number of nitro groups is 1. The number of carbonyl (C=O) groups excluding carboxylic acids is 1. The molecule has 1 fully saturated rings. The fourth-order valence-electron chi connectivity index (χ4n) is 3.42. The van der Waals surface area contributed by atoms with E-state index in [4.69, 9.17) is 0 Å². The van der Waals surface area contributed by atoms with Crippen molar-refractivity contribution in [3.63, 3.8) is 0 Å². The van der Waals surface area contributed by atoms with Crippen LogP contribution in [0.4, 0.5) is 11.4 Å². The molecule has 1 saturated heterocycles. The van der Waals surface area contributed by atoms with Crippen molar-refractivity contribution < 1.29 is 14.8 Å². The first kappa shape index (κ1) is 19.3. The minimum absolute atomic E-state index is 0.0000346. The maximum atomic E-state index is 12.3. The van der Waals surface area contributed by atoms with E-state index in [2.05, 4.69) is 10.2 Å². The van der Waals surface area contributed by atoms with Crippen LogP contribution in [-0.4, -0.2) is 46.1 Å². The molecule has 0 bridgehead atoms. The van der Waals surface area contributed by atoms with Gasteiger partial charge in [-0.25, -0.2) is 0 Å². The lowest BCUT2D eigenvalue weighted by atomic mass is 9.95. The Morgan fingerprint density at radius 2 is 2.24 bits per heavy atom. The smallest absolute Gasteiger partial charge is 0.274 e. The van der Waals surface area contributed by atoms with E-state index >= 15 is 0 Å². The van der Waals surface area contributed by atoms with E-state index in [0.717, 1.165) is 25.8 Å². The Kier molecular flexibility index (Phi) is 6.90. The van der Waals surface area contributed by atoms with Crippen LogP contribution < -0.4 is 5.32 Å². The van der Waals surface area contributed by atoms with Crippen LogP contribution in [-0.2, 0) is 4.79 Å². The van der Waals surface area contributed by atoms with Gasteiger partial charge in [-0.05, 0) is 38.8 Å². The number of nitro benzene ring substituents is 1. The van der Waals surface area contributed by atoms with Crippen molar-refractivity contribution >= 4 is 17.3 Å². The summed E-state index contributed by atoms with van der Waals surface area (Å²) in [7, 11) is 0. The van der Waals surface area contributed by atoms with Gasteiger partial charge in [-0.15, -0.1) is 0 Å². The predicted molar refractivity (Wildman–Crippen MR) is 96.6 cm³/mol. The Morgan fingerprint density at radius 3 is 2.92 bits per heavy atom. The standard InChI is InChI=1S/C18H27N3O4/c1-3-17(22)16-8-4-5-11-20(16)12-10-18(23)19-14-7-6-9-15(13(14)2)21(24)25/h6-7,9,16-17,22H,3-5,8,10-12H2,1-2H3,(H,19,23)/t16-,17-/m0/s1. The number of aliphatic hydroxyl groups is 1. The van der Waals surface area contributed by atoms with Crippen LogP contribution in [0.5, 0.6) is 0 Å². The first-order chi connectivity index (χ1) is 11.9. The van der Waals surface area contributed by atoms with E-state index in [9.17, 15) is 20.0 Å².